The largest absolute Gasteiger partial charge is 0.393 e. The van der Waals surface area contributed by atoms with Crippen molar-refractivity contribution in [3.63, 3.8) is 0 Å². The van der Waals surface area contributed by atoms with Crippen LogP contribution in [0.5, 0.6) is 0 Å². The molecule has 0 unspecified atom stereocenters. The number of aromatic nitrogens is 2. The zero-order chi connectivity index (χ0) is 16.3. The van der Waals surface area contributed by atoms with Crippen LogP contribution in [0, 0.1) is 0 Å². The van der Waals surface area contributed by atoms with E-state index in [1.807, 2.05) is 0 Å². The Morgan fingerprint density at radius 2 is 1.57 bits per heavy atom. The Bertz CT molecular complexity index is 740. The van der Waals surface area contributed by atoms with Crippen molar-refractivity contribution in [2.45, 2.75) is 42.7 Å². The van der Waals surface area contributed by atoms with Crippen LogP contribution in [0.25, 0.3) is 11.1 Å². The van der Waals surface area contributed by atoms with Gasteiger partial charge in [-0.05, 0) is 43.4 Å². The second-order valence-corrected chi connectivity index (χ2v) is 7.49. The lowest BCUT2D eigenvalue weighted by molar-refractivity contribution is 0.120. The van der Waals surface area contributed by atoms with Gasteiger partial charge in [0.15, 0.2) is 0 Å². The monoisotopic (exact) mass is 333 g/mol. The SMILES string of the molecule is O=S(=O)(NC1CCC(O)CC1)c1ccc(-c2cncnc2)cc1. The van der Waals surface area contributed by atoms with Crippen LogP contribution in [0.4, 0.5) is 0 Å². The predicted molar refractivity (Wildman–Crippen MR) is 86.1 cm³/mol. The van der Waals surface area contributed by atoms with Crippen LogP contribution in [-0.2, 0) is 10.0 Å². The third-order valence-corrected chi connectivity index (χ3v) is 5.61. The van der Waals surface area contributed by atoms with E-state index in [-0.39, 0.29) is 17.0 Å². The van der Waals surface area contributed by atoms with Gasteiger partial charge < -0.3 is 5.11 Å². The van der Waals surface area contributed by atoms with Crippen molar-refractivity contribution < 1.29 is 13.5 Å². The van der Waals surface area contributed by atoms with E-state index in [1.165, 1.54) is 6.33 Å². The Labute approximate surface area is 135 Å². The van der Waals surface area contributed by atoms with E-state index in [0.29, 0.717) is 25.7 Å². The molecule has 1 saturated carbocycles. The summed E-state index contributed by atoms with van der Waals surface area (Å²) in [7, 11) is -3.54. The van der Waals surface area contributed by atoms with E-state index in [4.69, 9.17) is 0 Å². The molecule has 1 aliphatic carbocycles. The highest BCUT2D eigenvalue weighted by Crippen LogP contribution is 2.22. The average molecular weight is 333 g/mol. The Morgan fingerprint density at radius 1 is 0.957 bits per heavy atom. The Balaban J connectivity index is 1.73. The molecule has 2 aromatic rings. The summed E-state index contributed by atoms with van der Waals surface area (Å²) in [5, 5.41) is 9.49. The van der Waals surface area contributed by atoms with Gasteiger partial charge in [0.25, 0.3) is 0 Å². The van der Waals surface area contributed by atoms with E-state index in [0.717, 1.165) is 11.1 Å². The van der Waals surface area contributed by atoms with Crippen LogP contribution < -0.4 is 4.72 Å². The Morgan fingerprint density at radius 3 is 2.17 bits per heavy atom. The number of hydrogen-bond donors (Lipinski definition) is 2. The molecule has 2 N–H and O–H groups in total. The number of nitrogens with zero attached hydrogens (tertiary/aromatic N) is 2. The quantitative estimate of drug-likeness (QED) is 0.889. The molecule has 0 radical (unpaired) electrons. The first kappa shape index (κ1) is 16.0. The summed E-state index contributed by atoms with van der Waals surface area (Å²) < 4.78 is 27.6. The second kappa shape index (κ2) is 6.74. The molecule has 6 nitrogen and oxygen atoms in total. The molecule has 122 valence electrons. The average Bonchev–Trinajstić information content (AvgIpc) is 2.58. The maximum atomic E-state index is 12.4. The van der Waals surface area contributed by atoms with Gasteiger partial charge in [0.2, 0.25) is 10.0 Å². The van der Waals surface area contributed by atoms with E-state index in [9.17, 15) is 13.5 Å². The van der Waals surface area contributed by atoms with Gasteiger partial charge in [0.1, 0.15) is 6.33 Å². The summed E-state index contributed by atoms with van der Waals surface area (Å²) in [6, 6.07) is 6.56. The summed E-state index contributed by atoms with van der Waals surface area (Å²) in [6.45, 7) is 0. The second-order valence-electron chi connectivity index (χ2n) is 5.78. The van der Waals surface area contributed by atoms with E-state index >= 15 is 0 Å². The van der Waals surface area contributed by atoms with E-state index in [2.05, 4.69) is 14.7 Å². The van der Waals surface area contributed by atoms with Gasteiger partial charge in [-0.3, -0.25) is 0 Å². The molecule has 1 aromatic heterocycles. The fraction of sp³-hybridized carbons (Fsp3) is 0.375. The van der Waals surface area contributed by atoms with Crippen molar-refractivity contribution in [3.05, 3.63) is 43.0 Å². The maximum Gasteiger partial charge on any atom is 0.240 e. The molecule has 7 heteroatoms. The first-order valence-electron chi connectivity index (χ1n) is 7.60. The van der Waals surface area contributed by atoms with Crippen molar-refractivity contribution in [2.24, 2.45) is 0 Å². The number of nitrogens with one attached hydrogen (secondary N) is 1. The molecule has 0 bridgehead atoms. The third kappa shape index (κ3) is 3.93. The van der Waals surface area contributed by atoms with E-state index < -0.39 is 10.0 Å². The number of hydrogen-bond acceptors (Lipinski definition) is 5. The van der Waals surface area contributed by atoms with E-state index in [1.54, 1.807) is 36.7 Å². The molecular formula is C16H19N3O3S. The number of benzene rings is 1. The van der Waals surface area contributed by atoms with Gasteiger partial charge in [-0.2, -0.15) is 0 Å². The highest BCUT2D eigenvalue weighted by Gasteiger charge is 2.24. The fourth-order valence-electron chi connectivity index (χ4n) is 2.76. The lowest BCUT2D eigenvalue weighted by atomic mass is 9.94. The number of sulfonamides is 1. The van der Waals surface area contributed by atoms with Gasteiger partial charge in [0.05, 0.1) is 11.0 Å². The van der Waals surface area contributed by atoms with Crippen molar-refractivity contribution >= 4 is 10.0 Å². The predicted octanol–water partition coefficient (Wildman–Crippen LogP) is 1.73. The van der Waals surface area contributed by atoms with Crippen LogP contribution in [0.3, 0.4) is 0 Å². The lowest BCUT2D eigenvalue weighted by Gasteiger charge is -2.26. The molecule has 23 heavy (non-hydrogen) atoms. The zero-order valence-electron chi connectivity index (χ0n) is 12.6. The first-order valence-corrected chi connectivity index (χ1v) is 9.09. The van der Waals surface area contributed by atoms with Crippen LogP contribution in [0.2, 0.25) is 0 Å². The molecule has 1 aliphatic rings. The van der Waals surface area contributed by atoms with Crippen molar-refractivity contribution in [1.29, 1.82) is 0 Å². The molecule has 3 rings (SSSR count). The normalized spacial score (nSPS) is 22.0. The van der Waals surface area contributed by atoms with Gasteiger partial charge in [-0.1, -0.05) is 12.1 Å². The highest BCUT2D eigenvalue weighted by molar-refractivity contribution is 7.89. The fourth-order valence-corrected chi connectivity index (χ4v) is 4.06. The minimum atomic E-state index is -3.54. The van der Waals surface area contributed by atoms with Crippen LogP contribution in [-0.4, -0.2) is 35.6 Å². The maximum absolute atomic E-state index is 12.4. The summed E-state index contributed by atoms with van der Waals surface area (Å²) in [5.41, 5.74) is 1.70. The molecule has 0 atom stereocenters. The van der Waals surface area contributed by atoms with Crippen LogP contribution in [0.1, 0.15) is 25.7 Å². The number of rotatable bonds is 4. The zero-order valence-corrected chi connectivity index (χ0v) is 13.4. The minimum Gasteiger partial charge on any atom is -0.393 e. The van der Waals surface area contributed by atoms with Gasteiger partial charge in [-0.15, -0.1) is 0 Å². The molecule has 1 heterocycles. The first-order chi connectivity index (χ1) is 11.0. The summed E-state index contributed by atoms with van der Waals surface area (Å²) in [4.78, 5) is 8.15. The summed E-state index contributed by atoms with van der Waals surface area (Å²) in [6.07, 6.45) is 7.13. The molecule has 1 aromatic carbocycles. The number of aliphatic hydroxyl groups is 1. The smallest absolute Gasteiger partial charge is 0.240 e. The minimum absolute atomic E-state index is 0.106. The molecule has 0 spiro atoms. The van der Waals surface area contributed by atoms with Crippen molar-refractivity contribution in [2.75, 3.05) is 0 Å². The highest BCUT2D eigenvalue weighted by atomic mass is 32.2. The van der Waals surface area contributed by atoms with Crippen LogP contribution in [0.15, 0.2) is 47.9 Å². The van der Waals surface area contributed by atoms with Gasteiger partial charge in [0, 0.05) is 24.0 Å². The van der Waals surface area contributed by atoms with Crippen molar-refractivity contribution in [3.8, 4) is 11.1 Å². The molecule has 0 amide bonds. The van der Waals surface area contributed by atoms with Gasteiger partial charge >= 0.3 is 0 Å². The number of aliphatic hydroxyl groups excluding tert-OH is 1. The Kier molecular flexibility index (Phi) is 4.70. The lowest BCUT2D eigenvalue weighted by Crippen LogP contribution is -2.38. The summed E-state index contributed by atoms with van der Waals surface area (Å²) in [5.74, 6) is 0. The molecule has 0 saturated heterocycles. The molecule has 0 aliphatic heterocycles. The van der Waals surface area contributed by atoms with Gasteiger partial charge in [-0.25, -0.2) is 23.1 Å². The van der Waals surface area contributed by atoms with Crippen molar-refractivity contribution in [1.82, 2.24) is 14.7 Å². The molecular weight excluding hydrogens is 314 g/mol. The third-order valence-electron chi connectivity index (χ3n) is 4.08. The van der Waals surface area contributed by atoms with Crippen LogP contribution >= 0.6 is 0 Å². The Hall–Kier alpha value is -1.83. The summed E-state index contributed by atoms with van der Waals surface area (Å²) >= 11 is 0. The topological polar surface area (TPSA) is 92.2 Å². The standard InChI is InChI=1S/C16H19N3O3S/c20-15-5-3-14(4-6-15)19-23(21,22)16-7-1-12(2-8-16)13-9-17-11-18-10-13/h1-2,7-11,14-15,19-20H,3-6H2. The molecule has 1 fully saturated rings.